The molecule has 3 heterocycles. The van der Waals surface area contributed by atoms with Gasteiger partial charge in [0.25, 0.3) is 0 Å². The van der Waals surface area contributed by atoms with E-state index in [2.05, 4.69) is 32.5 Å². The Balaban J connectivity index is 0.00000144. The number of nitrogens with one attached hydrogen (secondary N) is 2. The standard InChI is InChI=1S/C15H22N4O2S.2ClH/c1-19(10-15(20)9-16-4-5-21-11-15)8-12-7-13(18-17-12)14-3-2-6-22-14;;/h2-3,6-7,16,20H,4-5,8-11H2,1H3,(H,17,18);2*1H. The van der Waals surface area contributed by atoms with Crippen LogP contribution < -0.4 is 5.32 Å². The van der Waals surface area contributed by atoms with Gasteiger partial charge in [-0.3, -0.25) is 10.00 Å². The molecular weight excluding hydrogens is 371 g/mol. The summed E-state index contributed by atoms with van der Waals surface area (Å²) in [5.74, 6) is 0. The van der Waals surface area contributed by atoms with Crippen molar-refractivity contribution >= 4 is 36.2 Å². The maximum Gasteiger partial charge on any atom is 0.113 e. The van der Waals surface area contributed by atoms with Gasteiger partial charge in [-0.25, -0.2) is 0 Å². The molecule has 3 N–H and O–H groups in total. The predicted molar refractivity (Wildman–Crippen MR) is 101 cm³/mol. The van der Waals surface area contributed by atoms with Crippen molar-refractivity contribution in [2.24, 2.45) is 0 Å². The summed E-state index contributed by atoms with van der Waals surface area (Å²) >= 11 is 1.68. The van der Waals surface area contributed by atoms with Crippen molar-refractivity contribution in [2.45, 2.75) is 12.1 Å². The van der Waals surface area contributed by atoms with Crippen molar-refractivity contribution in [3.8, 4) is 10.6 Å². The smallest absolute Gasteiger partial charge is 0.113 e. The van der Waals surface area contributed by atoms with Gasteiger partial charge in [0.1, 0.15) is 11.3 Å². The van der Waals surface area contributed by atoms with Crippen LogP contribution in [-0.4, -0.2) is 65.7 Å². The van der Waals surface area contributed by atoms with Crippen LogP contribution in [0.5, 0.6) is 0 Å². The average molecular weight is 395 g/mol. The summed E-state index contributed by atoms with van der Waals surface area (Å²) < 4.78 is 5.46. The number of aromatic amines is 1. The largest absolute Gasteiger partial charge is 0.385 e. The topological polar surface area (TPSA) is 73.4 Å². The van der Waals surface area contributed by atoms with Crippen LogP contribution in [0, 0.1) is 0 Å². The number of aliphatic hydroxyl groups is 1. The molecule has 0 radical (unpaired) electrons. The number of rotatable bonds is 5. The highest BCUT2D eigenvalue weighted by molar-refractivity contribution is 7.13. The Morgan fingerprint density at radius 2 is 2.29 bits per heavy atom. The highest BCUT2D eigenvalue weighted by Gasteiger charge is 2.30. The third kappa shape index (κ3) is 5.70. The first-order valence-electron chi connectivity index (χ1n) is 7.42. The molecule has 1 aliphatic rings. The van der Waals surface area contributed by atoms with Crippen LogP contribution >= 0.6 is 36.2 Å². The van der Waals surface area contributed by atoms with Crippen LogP contribution in [0.4, 0.5) is 0 Å². The van der Waals surface area contributed by atoms with Crippen molar-refractivity contribution < 1.29 is 9.84 Å². The second kappa shape index (κ2) is 9.72. The van der Waals surface area contributed by atoms with E-state index < -0.39 is 5.60 Å². The molecule has 0 aliphatic carbocycles. The molecule has 0 amide bonds. The normalized spacial score (nSPS) is 21.0. The number of hydrogen-bond donors (Lipinski definition) is 3. The number of aromatic nitrogens is 2. The Morgan fingerprint density at radius 1 is 1.46 bits per heavy atom. The molecule has 136 valence electrons. The Bertz CT molecular complexity index is 586. The fraction of sp³-hybridized carbons (Fsp3) is 0.533. The van der Waals surface area contributed by atoms with E-state index >= 15 is 0 Å². The second-order valence-electron chi connectivity index (χ2n) is 5.88. The van der Waals surface area contributed by atoms with E-state index in [0.29, 0.717) is 32.8 Å². The highest BCUT2D eigenvalue weighted by atomic mass is 35.5. The third-order valence-corrected chi connectivity index (χ3v) is 4.55. The van der Waals surface area contributed by atoms with Crippen molar-refractivity contribution in [2.75, 3.05) is 39.9 Å². The maximum atomic E-state index is 10.6. The van der Waals surface area contributed by atoms with Gasteiger partial charge in [-0.15, -0.1) is 36.2 Å². The molecule has 9 heteroatoms. The van der Waals surface area contributed by atoms with E-state index in [1.54, 1.807) is 11.3 Å². The molecule has 0 spiro atoms. The summed E-state index contributed by atoms with van der Waals surface area (Å²) in [7, 11) is 1.99. The number of hydrogen-bond acceptors (Lipinski definition) is 6. The first kappa shape index (κ1) is 21.4. The highest BCUT2D eigenvalue weighted by Crippen LogP contribution is 2.23. The van der Waals surface area contributed by atoms with Gasteiger partial charge in [-0.2, -0.15) is 5.10 Å². The Kier molecular flexibility index (Phi) is 8.66. The van der Waals surface area contributed by atoms with Gasteiger partial charge in [0.05, 0.1) is 18.1 Å². The van der Waals surface area contributed by atoms with E-state index in [4.69, 9.17) is 4.74 Å². The lowest BCUT2D eigenvalue weighted by atomic mass is 10.1. The summed E-state index contributed by atoms with van der Waals surface area (Å²) in [5.41, 5.74) is 1.16. The molecule has 1 atom stereocenters. The summed E-state index contributed by atoms with van der Waals surface area (Å²) in [4.78, 5) is 3.24. The number of likely N-dealkylation sites (N-methyl/N-ethyl adjacent to an activating group) is 1. The second-order valence-corrected chi connectivity index (χ2v) is 6.83. The van der Waals surface area contributed by atoms with E-state index in [-0.39, 0.29) is 24.8 Å². The van der Waals surface area contributed by atoms with Crippen molar-refractivity contribution in [1.29, 1.82) is 0 Å². The molecule has 24 heavy (non-hydrogen) atoms. The molecule has 1 saturated heterocycles. The number of nitrogens with zero attached hydrogens (tertiary/aromatic N) is 2. The number of H-pyrrole nitrogens is 1. The predicted octanol–water partition coefficient (Wildman–Crippen LogP) is 1.76. The van der Waals surface area contributed by atoms with Crippen LogP contribution in [0.3, 0.4) is 0 Å². The lowest BCUT2D eigenvalue weighted by molar-refractivity contribution is -0.0463. The quantitative estimate of drug-likeness (QED) is 0.720. The lowest BCUT2D eigenvalue weighted by Crippen LogP contribution is -2.50. The van der Waals surface area contributed by atoms with Crippen LogP contribution in [0.1, 0.15) is 5.69 Å². The zero-order valence-corrected chi connectivity index (χ0v) is 16.0. The molecule has 6 nitrogen and oxygen atoms in total. The van der Waals surface area contributed by atoms with E-state index in [0.717, 1.165) is 22.8 Å². The molecule has 0 aromatic carbocycles. The van der Waals surface area contributed by atoms with Gasteiger partial charge in [0.15, 0.2) is 0 Å². The molecule has 1 unspecified atom stereocenters. The fourth-order valence-corrected chi connectivity index (χ4v) is 3.41. The van der Waals surface area contributed by atoms with Gasteiger partial charge >= 0.3 is 0 Å². The average Bonchev–Trinajstić information content (AvgIpc) is 3.09. The maximum absolute atomic E-state index is 10.6. The van der Waals surface area contributed by atoms with Crippen LogP contribution in [-0.2, 0) is 11.3 Å². The van der Waals surface area contributed by atoms with Gasteiger partial charge in [0.2, 0.25) is 0 Å². The first-order chi connectivity index (χ1) is 10.6. The van der Waals surface area contributed by atoms with Crippen molar-refractivity contribution in [3.63, 3.8) is 0 Å². The molecule has 1 aliphatic heterocycles. The lowest BCUT2D eigenvalue weighted by Gasteiger charge is -2.30. The van der Waals surface area contributed by atoms with E-state index in [1.165, 1.54) is 0 Å². The van der Waals surface area contributed by atoms with Crippen LogP contribution in [0.2, 0.25) is 0 Å². The number of β-amino-alcohol motifs (C(OH)–C–C–N with tert-alkyl or cyclic N) is 1. The fourth-order valence-electron chi connectivity index (χ4n) is 2.72. The first-order valence-corrected chi connectivity index (χ1v) is 8.30. The molecule has 1 fully saturated rings. The molecule has 3 rings (SSSR count). The number of ether oxygens (including phenoxy) is 1. The molecule has 2 aromatic heterocycles. The minimum absolute atomic E-state index is 0. The van der Waals surface area contributed by atoms with Crippen molar-refractivity contribution in [3.05, 3.63) is 29.3 Å². The zero-order valence-electron chi connectivity index (χ0n) is 13.5. The minimum Gasteiger partial charge on any atom is -0.385 e. The summed E-state index contributed by atoms with van der Waals surface area (Å²) in [5, 5.41) is 23.3. The van der Waals surface area contributed by atoms with Crippen LogP contribution in [0.15, 0.2) is 23.6 Å². The summed E-state index contributed by atoms with van der Waals surface area (Å²) in [6.45, 7) is 3.62. The SMILES string of the molecule is CN(Cc1cc(-c2cccs2)n[nH]1)CC1(O)CNCCOC1.Cl.Cl. The van der Waals surface area contributed by atoms with Gasteiger partial charge < -0.3 is 15.2 Å². The zero-order chi connectivity index (χ0) is 15.4. The van der Waals surface area contributed by atoms with Gasteiger partial charge in [-0.05, 0) is 24.6 Å². The minimum atomic E-state index is -0.845. The molecule has 2 aromatic rings. The van der Waals surface area contributed by atoms with E-state index in [1.807, 2.05) is 18.5 Å². The Morgan fingerprint density at radius 3 is 3.04 bits per heavy atom. The molecule has 0 saturated carbocycles. The van der Waals surface area contributed by atoms with Crippen molar-refractivity contribution in [1.82, 2.24) is 20.4 Å². The summed E-state index contributed by atoms with van der Waals surface area (Å²) in [6, 6.07) is 6.15. The Labute approximate surface area is 158 Å². The van der Waals surface area contributed by atoms with Gasteiger partial charge in [0, 0.05) is 31.9 Å². The number of thiophene rings is 1. The number of halogens is 2. The monoisotopic (exact) mass is 394 g/mol. The Hall–Kier alpha value is -0.670. The van der Waals surface area contributed by atoms with E-state index in [9.17, 15) is 5.11 Å². The summed E-state index contributed by atoms with van der Waals surface area (Å²) in [6.07, 6.45) is 0. The third-order valence-electron chi connectivity index (χ3n) is 3.66. The van der Waals surface area contributed by atoms with Gasteiger partial charge in [-0.1, -0.05) is 6.07 Å². The van der Waals surface area contributed by atoms with Crippen LogP contribution in [0.25, 0.3) is 10.6 Å². The molecular formula is C15H24Cl2N4O2S. The molecule has 0 bridgehead atoms.